The Morgan fingerprint density at radius 3 is 2.85 bits per heavy atom. The normalized spacial score (nSPS) is 26.6. The number of amides is 1. The summed E-state index contributed by atoms with van der Waals surface area (Å²) in [7, 11) is 3.71. The fraction of sp³-hybridized carbons (Fsp3) is 0.778. The largest absolute Gasteiger partial charge is 0.383 e. The molecule has 0 bridgehead atoms. The van der Waals surface area contributed by atoms with Gasteiger partial charge >= 0.3 is 0 Å². The molecule has 3 aliphatic rings. The van der Waals surface area contributed by atoms with Gasteiger partial charge < -0.3 is 18.9 Å². The quantitative estimate of drug-likeness (QED) is 0.728. The second-order valence-corrected chi connectivity index (χ2v) is 7.48. The van der Waals surface area contributed by atoms with Gasteiger partial charge in [0.1, 0.15) is 17.5 Å². The lowest BCUT2D eigenvalue weighted by Crippen LogP contribution is -2.62. The number of piperazine rings is 1. The molecule has 0 unspecified atom stereocenters. The maximum absolute atomic E-state index is 13.3. The Balaban J connectivity index is 1.53. The Morgan fingerprint density at radius 1 is 1.35 bits per heavy atom. The Kier molecular flexibility index (Phi) is 5.00. The van der Waals surface area contributed by atoms with E-state index in [9.17, 15) is 4.79 Å². The van der Waals surface area contributed by atoms with Crippen molar-refractivity contribution in [2.24, 2.45) is 7.05 Å². The maximum Gasteiger partial charge on any atom is 0.242 e. The number of carbonyl (C=O) groups excluding carboxylic acids is 1. The van der Waals surface area contributed by atoms with Crippen LogP contribution in [0.4, 0.5) is 0 Å². The lowest BCUT2D eigenvalue weighted by molar-refractivity contribution is -0.137. The molecular formula is C18H29N5O3. The van der Waals surface area contributed by atoms with Crippen LogP contribution in [-0.2, 0) is 27.9 Å². The summed E-state index contributed by atoms with van der Waals surface area (Å²) in [6.07, 6.45) is 5.57. The highest BCUT2D eigenvalue weighted by Gasteiger charge is 2.57. The molecule has 3 fully saturated rings. The number of aryl methyl sites for hydroxylation is 1. The molecule has 4 heterocycles. The molecule has 1 amide bonds. The SMILES string of the molecule is COCCN1C(=O)[C@H]2CN(Cc3nccn3C)CCN2C12CCOCC2. The van der Waals surface area contributed by atoms with Gasteiger partial charge in [-0.05, 0) is 0 Å². The summed E-state index contributed by atoms with van der Waals surface area (Å²) < 4.78 is 12.9. The van der Waals surface area contributed by atoms with E-state index in [1.165, 1.54) is 0 Å². The maximum atomic E-state index is 13.3. The second kappa shape index (κ2) is 7.26. The minimum atomic E-state index is -0.187. The third-order valence-electron chi connectivity index (χ3n) is 6.15. The van der Waals surface area contributed by atoms with Gasteiger partial charge in [-0.3, -0.25) is 14.6 Å². The predicted octanol–water partition coefficient (Wildman–Crippen LogP) is -0.0984. The monoisotopic (exact) mass is 363 g/mol. The van der Waals surface area contributed by atoms with Crippen molar-refractivity contribution in [3.05, 3.63) is 18.2 Å². The molecule has 0 aliphatic carbocycles. The van der Waals surface area contributed by atoms with E-state index in [4.69, 9.17) is 9.47 Å². The van der Waals surface area contributed by atoms with E-state index in [1.807, 2.05) is 24.0 Å². The number of methoxy groups -OCH3 is 1. The molecule has 4 rings (SSSR count). The van der Waals surface area contributed by atoms with E-state index in [0.29, 0.717) is 13.2 Å². The number of fused-ring (bicyclic) bond motifs is 2. The number of rotatable bonds is 5. The molecule has 26 heavy (non-hydrogen) atoms. The third-order valence-corrected chi connectivity index (χ3v) is 6.15. The molecule has 0 N–H and O–H groups in total. The van der Waals surface area contributed by atoms with E-state index in [0.717, 1.165) is 58.1 Å². The van der Waals surface area contributed by atoms with E-state index >= 15 is 0 Å². The topological polar surface area (TPSA) is 63.1 Å². The summed E-state index contributed by atoms with van der Waals surface area (Å²) in [5, 5.41) is 0. The highest BCUT2D eigenvalue weighted by atomic mass is 16.5. The molecule has 1 spiro atoms. The van der Waals surface area contributed by atoms with Crippen LogP contribution in [0.2, 0.25) is 0 Å². The van der Waals surface area contributed by atoms with Crippen molar-refractivity contribution in [1.82, 2.24) is 24.3 Å². The van der Waals surface area contributed by atoms with Crippen LogP contribution in [-0.4, -0.2) is 95.0 Å². The highest BCUT2D eigenvalue weighted by molar-refractivity contribution is 5.85. The number of nitrogens with zero attached hydrogens (tertiary/aromatic N) is 5. The van der Waals surface area contributed by atoms with Gasteiger partial charge in [0.2, 0.25) is 5.91 Å². The van der Waals surface area contributed by atoms with Gasteiger partial charge in [0.15, 0.2) is 0 Å². The van der Waals surface area contributed by atoms with Gasteiger partial charge in [-0.1, -0.05) is 0 Å². The Morgan fingerprint density at radius 2 is 2.15 bits per heavy atom. The van der Waals surface area contributed by atoms with Crippen LogP contribution in [0.5, 0.6) is 0 Å². The number of aromatic nitrogens is 2. The Labute approximate surface area is 154 Å². The minimum Gasteiger partial charge on any atom is -0.383 e. The molecule has 1 atom stereocenters. The van der Waals surface area contributed by atoms with E-state index in [1.54, 1.807) is 7.11 Å². The predicted molar refractivity (Wildman–Crippen MR) is 95.4 cm³/mol. The molecule has 0 saturated carbocycles. The molecule has 8 heteroatoms. The summed E-state index contributed by atoms with van der Waals surface area (Å²) in [6, 6.07) is -0.0704. The van der Waals surface area contributed by atoms with Crippen LogP contribution in [0.1, 0.15) is 18.7 Å². The molecule has 144 valence electrons. The van der Waals surface area contributed by atoms with Crippen molar-refractivity contribution in [2.45, 2.75) is 31.1 Å². The smallest absolute Gasteiger partial charge is 0.242 e. The van der Waals surface area contributed by atoms with Gasteiger partial charge in [0, 0.05) is 65.6 Å². The molecular weight excluding hydrogens is 334 g/mol. The molecule has 1 aromatic rings. The lowest BCUT2D eigenvalue weighted by atomic mass is 9.96. The van der Waals surface area contributed by atoms with Crippen molar-refractivity contribution in [2.75, 3.05) is 53.1 Å². The summed E-state index contributed by atoms with van der Waals surface area (Å²) in [6.45, 7) is 6.08. The molecule has 3 saturated heterocycles. The zero-order valence-electron chi connectivity index (χ0n) is 15.8. The van der Waals surface area contributed by atoms with Gasteiger partial charge in [0.05, 0.1) is 26.4 Å². The van der Waals surface area contributed by atoms with Crippen LogP contribution >= 0.6 is 0 Å². The summed E-state index contributed by atoms with van der Waals surface area (Å²) in [5.41, 5.74) is -0.187. The number of hydrogen-bond donors (Lipinski definition) is 0. The number of carbonyl (C=O) groups is 1. The van der Waals surface area contributed by atoms with Crippen LogP contribution in [0.3, 0.4) is 0 Å². The fourth-order valence-electron chi connectivity index (χ4n) is 4.74. The zero-order valence-corrected chi connectivity index (χ0v) is 15.8. The number of ether oxygens (including phenoxy) is 2. The van der Waals surface area contributed by atoms with Crippen molar-refractivity contribution in [3.63, 3.8) is 0 Å². The van der Waals surface area contributed by atoms with Gasteiger partial charge in [-0.25, -0.2) is 4.98 Å². The first kappa shape index (κ1) is 17.9. The van der Waals surface area contributed by atoms with Gasteiger partial charge in [0.25, 0.3) is 0 Å². The molecule has 3 aliphatic heterocycles. The van der Waals surface area contributed by atoms with Gasteiger partial charge in [-0.15, -0.1) is 0 Å². The molecule has 8 nitrogen and oxygen atoms in total. The van der Waals surface area contributed by atoms with E-state index < -0.39 is 0 Å². The van der Waals surface area contributed by atoms with Crippen LogP contribution in [0.15, 0.2) is 12.4 Å². The average Bonchev–Trinajstić information content (AvgIpc) is 3.15. The summed E-state index contributed by atoms with van der Waals surface area (Å²) >= 11 is 0. The van der Waals surface area contributed by atoms with E-state index in [2.05, 4.69) is 19.7 Å². The molecule has 0 radical (unpaired) electrons. The molecule has 1 aromatic heterocycles. The van der Waals surface area contributed by atoms with E-state index in [-0.39, 0.29) is 17.6 Å². The first-order valence-electron chi connectivity index (χ1n) is 9.49. The summed E-state index contributed by atoms with van der Waals surface area (Å²) in [4.78, 5) is 24.6. The minimum absolute atomic E-state index is 0.0704. The van der Waals surface area contributed by atoms with Crippen LogP contribution in [0, 0.1) is 0 Å². The standard InChI is InChI=1S/C18H29N5O3/c1-20-6-5-19-16(20)14-21-7-8-22-15(13-21)17(24)23(9-12-25-2)18(22)3-10-26-11-4-18/h5-6,15H,3-4,7-14H2,1-2H3/t15-/m1/s1. The fourth-order valence-corrected chi connectivity index (χ4v) is 4.74. The first-order chi connectivity index (χ1) is 12.7. The second-order valence-electron chi connectivity index (χ2n) is 7.48. The first-order valence-corrected chi connectivity index (χ1v) is 9.49. The van der Waals surface area contributed by atoms with Crippen molar-refractivity contribution < 1.29 is 14.3 Å². The highest BCUT2D eigenvalue weighted by Crippen LogP contribution is 2.41. The lowest BCUT2D eigenvalue weighted by Gasteiger charge is -2.48. The van der Waals surface area contributed by atoms with Crippen molar-refractivity contribution in [1.29, 1.82) is 0 Å². The Bertz CT molecular complexity index is 643. The van der Waals surface area contributed by atoms with Crippen LogP contribution in [0.25, 0.3) is 0 Å². The zero-order chi connectivity index (χ0) is 18.1. The van der Waals surface area contributed by atoms with Crippen molar-refractivity contribution >= 4 is 5.91 Å². The number of hydrogen-bond acceptors (Lipinski definition) is 6. The van der Waals surface area contributed by atoms with Crippen molar-refractivity contribution in [3.8, 4) is 0 Å². The summed E-state index contributed by atoms with van der Waals surface area (Å²) in [5.74, 6) is 1.29. The average molecular weight is 363 g/mol. The van der Waals surface area contributed by atoms with Gasteiger partial charge in [-0.2, -0.15) is 0 Å². The van der Waals surface area contributed by atoms with Crippen LogP contribution < -0.4 is 0 Å². The number of imidazole rings is 1. The Hall–Kier alpha value is -1.48. The third kappa shape index (κ3) is 2.94. The molecule has 0 aromatic carbocycles.